The van der Waals surface area contributed by atoms with Crippen molar-refractivity contribution in [2.75, 3.05) is 10.3 Å². The number of rotatable bonds is 7. The van der Waals surface area contributed by atoms with Crippen molar-refractivity contribution in [3.63, 3.8) is 0 Å². The molecule has 1 amide bonds. The van der Waals surface area contributed by atoms with E-state index in [9.17, 15) is 9.90 Å². The van der Waals surface area contributed by atoms with Crippen LogP contribution in [-0.2, 0) is 19.1 Å². The molecule has 3 aromatic rings. The summed E-state index contributed by atoms with van der Waals surface area (Å²) in [5, 5.41) is 18.3. The van der Waals surface area contributed by atoms with Gasteiger partial charge in [-0.15, -0.1) is 0 Å². The minimum atomic E-state index is -0.265. The maximum atomic E-state index is 13.1. The summed E-state index contributed by atoms with van der Waals surface area (Å²) in [7, 11) is 1.86. The zero-order valence-corrected chi connectivity index (χ0v) is 21.3. The summed E-state index contributed by atoms with van der Waals surface area (Å²) in [4.78, 5) is 17.2. The van der Waals surface area contributed by atoms with Gasteiger partial charge >= 0.3 is 0 Å². The van der Waals surface area contributed by atoms with E-state index in [1.807, 2.05) is 45.2 Å². The molecule has 1 heterocycles. The summed E-state index contributed by atoms with van der Waals surface area (Å²) >= 11 is 0. The number of anilines is 2. The van der Waals surface area contributed by atoms with Gasteiger partial charge in [0.15, 0.2) is 0 Å². The Bertz CT molecular complexity index is 1280. The molecule has 0 aliphatic heterocycles. The molecule has 8 heteroatoms. The maximum absolute atomic E-state index is 13.1. The predicted molar refractivity (Wildman–Crippen MR) is 142 cm³/mol. The van der Waals surface area contributed by atoms with Gasteiger partial charge in [-0.2, -0.15) is 5.10 Å². The van der Waals surface area contributed by atoms with Gasteiger partial charge in [0.1, 0.15) is 0 Å². The van der Waals surface area contributed by atoms with E-state index >= 15 is 0 Å². The third-order valence-corrected chi connectivity index (χ3v) is 5.99. The molecular weight excluding hydrogens is 440 g/mol. The maximum Gasteiger partial charge on any atom is 0.255 e. The number of aliphatic imine (C=N–C) groups is 1. The minimum Gasteiger partial charge on any atom is -0.392 e. The highest BCUT2D eigenvalue weighted by Crippen LogP contribution is 2.28. The number of aliphatic hydroxyl groups is 1. The topological polar surface area (TPSA) is 109 Å². The first-order valence-electron chi connectivity index (χ1n) is 11.3. The van der Waals surface area contributed by atoms with Crippen LogP contribution in [0.25, 0.3) is 5.70 Å². The van der Waals surface area contributed by atoms with Gasteiger partial charge in [-0.3, -0.25) is 19.5 Å². The number of carbonyl (C=O) groups is 1. The summed E-state index contributed by atoms with van der Waals surface area (Å²) in [6.07, 6.45) is 3.41. The van der Waals surface area contributed by atoms with Crippen molar-refractivity contribution >= 4 is 29.7 Å². The van der Waals surface area contributed by atoms with E-state index in [-0.39, 0.29) is 17.9 Å². The lowest BCUT2D eigenvalue weighted by Gasteiger charge is -2.21. The summed E-state index contributed by atoms with van der Waals surface area (Å²) in [6, 6.07) is 11.0. The van der Waals surface area contributed by atoms with Crippen LogP contribution in [0, 0.1) is 13.8 Å². The molecule has 4 N–H and O–H groups in total. The van der Waals surface area contributed by atoms with Crippen molar-refractivity contribution in [1.82, 2.24) is 9.78 Å². The number of benzene rings is 2. The Balaban J connectivity index is 1.90. The van der Waals surface area contributed by atoms with Gasteiger partial charge < -0.3 is 10.4 Å². The van der Waals surface area contributed by atoms with Crippen molar-refractivity contribution in [3.8, 4) is 0 Å². The van der Waals surface area contributed by atoms with E-state index < -0.39 is 0 Å². The lowest BCUT2D eigenvalue weighted by Crippen LogP contribution is -2.26. The van der Waals surface area contributed by atoms with Crippen LogP contribution in [0.3, 0.4) is 0 Å². The number of amides is 1. The fourth-order valence-corrected chi connectivity index (χ4v) is 3.66. The summed E-state index contributed by atoms with van der Waals surface area (Å²) in [5.74, 6) is 6.12. The van der Waals surface area contributed by atoms with Crippen LogP contribution in [0.5, 0.6) is 0 Å². The molecule has 0 bridgehead atoms. The van der Waals surface area contributed by atoms with Crippen molar-refractivity contribution in [1.29, 1.82) is 0 Å². The number of aromatic nitrogens is 2. The highest BCUT2D eigenvalue weighted by Gasteiger charge is 2.18. The fourth-order valence-electron chi connectivity index (χ4n) is 3.66. The molecule has 0 radical (unpaired) electrons. The third-order valence-electron chi connectivity index (χ3n) is 5.99. The molecule has 0 saturated heterocycles. The van der Waals surface area contributed by atoms with E-state index in [1.165, 1.54) is 5.01 Å². The first-order valence-corrected chi connectivity index (χ1v) is 11.3. The van der Waals surface area contributed by atoms with Crippen LogP contribution < -0.4 is 16.2 Å². The highest BCUT2D eigenvalue weighted by atomic mass is 16.3. The number of hydrogen-bond acceptors (Lipinski definition) is 6. The lowest BCUT2D eigenvalue weighted by molar-refractivity contribution is 0.102. The van der Waals surface area contributed by atoms with Gasteiger partial charge in [-0.05, 0) is 66.9 Å². The van der Waals surface area contributed by atoms with Crippen LogP contribution in [0.4, 0.5) is 11.4 Å². The van der Waals surface area contributed by atoms with Gasteiger partial charge in [0.25, 0.3) is 5.91 Å². The molecule has 3 rings (SSSR count). The van der Waals surface area contributed by atoms with Crippen molar-refractivity contribution < 1.29 is 9.90 Å². The Hall–Kier alpha value is -3.75. The largest absolute Gasteiger partial charge is 0.392 e. The smallest absolute Gasteiger partial charge is 0.255 e. The number of aryl methyl sites for hydroxylation is 2. The second-order valence-corrected chi connectivity index (χ2v) is 9.63. The second kappa shape index (κ2) is 10.2. The molecule has 0 saturated carbocycles. The van der Waals surface area contributed by atoms with Crippen molar-refractivity contribution in [2.24, 2.45) is 17.9 Å². The minimum absolute atomic E-state index is 0.135. The molecule has 0 spiro atoms. The van der Waals surface area contributed by atoms with Crippen LogP contribution in [-0.4, -0.2) is 27.5 Å². The predicted octanol–water partition coefficient (Wildman–Crippen LogP) is 4.46. The quantitative estimate of drug-likeness (QED) is 0.266. The Morgan fingerprint density at radius 3 is 2.54 bits per heavy atom. The summed E-state index contributed by atoms with van der Waals surface area (Å²) in [5.41, 5.74) is 6.57. The number of hydrogen-bond donors (Lipinski definition) is 3. The van der Waals surface area contributed by atoms with E-state index in [0.29, 0.717) is 28.2 Å². The molecule has 35 heavy (non-hydrogen) atoms. The molecule has 0 fully saturated rings. The number of nitrogens with zero attached hydrogens (tertiary/aromatic N) is 4. The van der Waals surface area contributed by atoms with Gasteiger partial charge in [0.2, 0.25) is 0 Å². The molecule has 8 nitrogen and oxygen atoms in total. The van der Waals surface area contributed by atoms with E-state index in [1.54, 1.807) is 29.2 Å². The molecule has 2 aromatic carbocycles. The Kier molecular flexibility index (Phi) is 7.57. The van der Waals surface area contributed by atoms with Crippen molar-refractivity contribution in [3.05, 3.63) is 82.3 Å². The number of aliphatic hydroxyl groups excluding tert-OH is 1. The molecule has 0 aliphatic carbocycles. The Morgan fingerprint density at radius 1 is 1.26 bits per heavy atom. The molecule has 0 aliphatic rings. The highest BCUT2D eigenvalue weighted by molar-refractivity contribution is 6.04. The summed E-state index contributed by atoms with van der Waals surface area (Å²) < 4.78 is 1.76. The van der Waals surface area contributed by atoms with Crippen LogP contribution in [0.1, 0.15) is 59.1 Å². The second-order valence-electron chi connectivity index (χ2n) is 9.63. The Labute approximate surface area is 206 Å². The van der Waals surface area contributed by atoms with Crippen LogP contribution >= 0.6 is 0 Å². The zero-order chi connectivity index (χ0) is 25.9. The van der Waals surface area contributed by atoms with E-state index in [2.05, 4.69) is 42.9 Å². The number of hydrazine groups is 1. The molecule has 0 unspecified atom stereocenters. The van der Waals surface area contributed by atoms with Gasteiger partial charge in [-0.25, -0.2) is 5.84 Å². The normalized spacial score (nSPS) is 11.9. The van der Waals surface area contributed by atoms with Crippen molar-refractivity contribution in [2.45, 2.75) is 46.6 Å². The fraction of sp³-hybridized carbons (Fsp3) is 0.296. The SMILES string of the molecule is C=N/C(=C\N(N)c1cc(NC(=O)c2cc(CO)cc(C(C)(C)C)c2)ccc1C)c1cnn(C)c1C. The van der Waals surface area contributed by atoms with Crippen LogP contribution in [0.2, 0.25) is 0 Å². The van der Waals surface area contributed by atoms with Crippen LogP contribution in [0.15, 0.2) is 53.8 Å². The number of carbonyl (C=O) groups excluding carboxylic acids is 1. The Morgan fingerprint density at radius 2 is 1.97 bits per heavy atom. The third kappa shape index (κ3) is 5.85. The van der Waals surface area contributed by atoms with E-state index in [4.69, 9.17) is 5.84 Å². The number of nitrogens with one attached hydrogen (secondary N) is 1. The van der Waals surface area contributed by atoms with Gasteiger partial charge in [0, 0.05) is 35.8 Å². The summed E-state index contributed by atoms with van der Waals surface area (Å²) in [6.45, 7) is 13.6. The van der Waals surface area contributed by atoms with E-state index in [0.717, 1.165) is 22.4 Å². The zero-order valence-electron chi connectivity index (χ0n) is 21.3. The lowest BCUT2D eigenvalue weighted by atomic mass is 9.85. The standard InChI is InChI=1S/C27H34N6O2/c1-17-8-9-22(31-26(35)20-10-19(16-34)11-21(12-20)27(3,4)5)13-25(17)33(28)15-24(29-6)23-14-30-32(7)18(23)2/h8-15,34H,6,16,28H2,1-5,7H3,(H,31,35)/b24-15-. The first kappa shape index (κ1) is 25.9. The molecule has 1 aromatic heterocycles. The average Bonchev–Trinajstić information content (AvgIpc) is 3.15. The van der Waals surface area contributed by atoms with Gasteiger partial charge in [0.05, 0.1) is 24.2 Å². The molecule has 184 valence electrons. The van der Waals surface area contributed by atoms with Gasteiger partial charge in [-0.1, -0.05) is 32.9 Å². The average molecular weight is 475 g/mol. The number of nitrogens with two attached hydrogens (primary N) is 1. The molecule has 0 atom stereocenters. The molecular formula is C27H34N6O2. The monoisotopic (exact) mass is 474 g/mol. The first-order chi connectivity index (χ1) is 16.4.